The molecule has 1 saturated carbocycles. The van der Waals surface area contributed by atoms with E-state index in [1.54, 1.807) is 20.3 Å². The molecule has 0 bridgehead atoms. The van der Waals surface area contributed by atoms with E-state index in [0.717, 1.165) is 18.4 Å². The average Bonchev–Trinajstić information content (AvgIpc) is 3.82. The van der Waals surface area contributed by atoms with Gasteiger partial charge in [0.05, 0.1) is 38.4 Å². The van der Waals surface area contributed by atoms with Crippen molar-refractivity contribution in [2.45, 2.75) is 89.5 Å². The lowest BCUT2D eigenvalue weighted by atomic mass is 9.68. The Morgan fingerprint density at radius 3 is 2.59 bits per heavy atom. The molecule has 8 nitrogen and oxygen atoms in total. The van der Waals surface area contributed by atoms with E-state index in [9.17, 15) is 4.79 Å². The lowest BCUT2D eigenvalue weighted by Crippen LogP contribution is -2.55. The maximum Gasteiger partial charge on any atom is 0.331 e. The van der Waals surface area contributed by atoms with Gasteiger partial charge in [-0.1, -0.05) is 17.7 Å². The number of epoxide rings is 2. The van der Waals surface area contributed by atoms with Crippen LogP contribution in [-0.4, -0.2) is 75.6 Å². The van der Waals surface area contributed by atoms with Crippen molar-refractivity contribution in [3.63, 3.8) is 0 Å². The number of ether oxygens (including phenoxy) is 7. The minimum atomic E-state index is -0.417. The molecular formula is C31H44O8. The van der Waals surface area contributed by atoms with Crippen LogP contribution in [0, 0.1) is 5.92 Å². The molecule has 2 saturated heterocycles. The number of benzene rings is 1. The first kappa shape index (κ1) is 29.6. The summed E-state index contributed by atoms with van der Waals surface area (Å²) in [4.78, 5) is 12.9. The van der Waals surface area contributed by atoms with Crippen molar-refractivity contribution in [1.82, 2.24) is 0 Å². The monoisotopic (exact) mass is 544 g/mol. The molecule has 0 amide bonds. The molecular weight excluding hydrogens is 500 g/mol. The molecule has 3 fully saturated rings. The molecule has 4 rings (SSSR count). The molecule has 0 N–H and O–H groups in total. The number of allylic oxidation sites excluding steroid dienone is 1. The first-order chi connectivity index (χ1) is 18.6. The van der Waals surface area contributed by atoms with E-state index in [2.05, 4.69) is 26.8 Å². The molecule has 8 heteroatoms. The Labute approximate surface area is 232 Å². The number of carbonyl (C=O) groups excluding carboxylic acids is 1. The van der Waals surface area contributed by atoms with Crippen molar-refractivity contribution in [2.75, 3.05) is 34.0 Å². The second kappa shape index (κ2) is 12.4. The van der Waals surface area contributed by atoms with Crippen molar-refractivity contribution < 1.29 is 38.0 Å². The molecule has 1 aromatic rings. The summed E-state index contributed by atoms with van der Waals surface area (Å²) in [7, 11) is 3.27. The van der Waals surface area contributed by atoms with Crippen LogP contribution >= 0.6 is 0 Å². The van der Waals surface area contributed by atoms with E-state index in [4.69, 9.17) is 33.2 Å². The summed E-state index contributed by atoms with van der Waals surface area (Å²) >= 11 is 0. The summed E-state index contributed by atoms with van der Waals surface area (Å²) in [5, 5.41) is 0. The number of carbonyl (C=O) groups is 1. The van der Waals surface area contributed by atoms with Gasteiger partial charge in [0.1, 0.15) is 30.0 Å². The van der Waals surface area contributed by atoms with Crippen LogP contribution in [0.3, 0.4) is 0 Å². The van der Waals surface area contributed by atoms with Crippen LogP contribution in [-0.2, 0) is 28.5 Å². The largest absolute Gasteiger partial charge is 0.493 e. The lowest BCUT2D eigenvalue weighted by Gasteiger charge is -2.42. The summed E-state index contributed by atoms with van der Waals surface area (Å²) in [6, 6.07) is 5.51. The van der Waals surface area contributed by atoms with Gasteiger partial charge in [-0.3, -0.25) is 0 Å². The lowest BCUT2D eigenvalue weighted by molar-refractivity contribution is -0.166. The van der Waals surface area contributed by atoms with Gasteiger partial charge >= 0.3 is 5.97 Å². The van der Waals surface area contributed by atoms with Crippen molar-refractivity contribution in [3.05, 3.63) is 41.5 Å². The summed E-state index contributed by atoms with van der Waals surface area (Å²) in [5.41, 5.74) is 1.44. The van der Waals surface area contributed by atoms with E-state index in [1.807, 2.05) is 32.0 Å². The first-order valence-corrected chi connectivity index (χ1v) is 13.9. The predicted octanol–water partition coefficient (Wildman–Crippen LogP) is 5.13. The van der Waals surface area contributed by atoms with Crippen LogP contribution in [0.2, 0.25) is 0 Å². The summed E-state index contributed by atoms with van der Waals surface area (Å²) in [5.74, 6) is 0.775. The minimum Gasteiger partial charge on any atom is -0.493 e. The highest BCUT2D eigenvalue weighted by atomic mass is 16.6. The molecule has 6 atom stereocenters. The number of methoxy groups -OCH3 is 2. The highest BCUT2D eigenvalue weighted by Gasteiger charge is 2.72. The van der Waals surface area contributed by atoms with Gasteiger partial charge in [0.25, 0.3) is 0 Å². The van der Waals surface area contributed by atoms with Crippen molar-refractivity contribution in [1.29, 1.82) is 0 Å². The van der Waals surface area contributed by atoms with Gasteiger partial charge in [-0.05, 0) is 77.7 Å². The van der Waals surface area contributed by atoms with E-state index in [0.29, 0.717) is 37.7 Å². The van der Waals surface area contributed by atoms with Crippen LogP contribution in [0.1, 0.15) is 59.4 Å². The van der Waals surface area contributed by atoms with Gasteiger partial charge in [0.15, 0.2) is 11.5 Å². The molecule has 39 heavy (non-hydrogen) atoms. The number of esters is 1. The van der Waals surface area contributed by atoms with Gasteiger partial charge in [-0.2, -0.15) is 0 Å². The Morgan fingerprint density at radius 2 is 1.95 bits per heavy atom. The molecule has 0 aromatic heterocycles. The van der Waals surface area contributed by atoms with Crippen LogP contribution in [0.15, 0.2) is 35.9 Å². The zero-order chi connectivity index (χ0) is 28.2. The van der Waals surface area contributed by atoms with E-state index in [1.165, 1.54) is 11.6 Å². The fourth-order valence-electron chi connectivity index (χ4n) is 5.77. The minimum absolute atomic E-state index is 0.0120. The zero-order valence-corrected chi connectivity index (χ0v) is 24.4. The van der Waals surface area contributed by atoms with Gasteiger partial charge in [-0.15, -0.1) is 0 Å². The smallest absolute Gasteiger partial charge is 0.331 e. The SMILES string of the molecule is COc1ccc(/C=C/C(=O)O[C@@H]2CC[C@]3(CO3)C(C3(C)OC3CC=C(C)C)[C@@H]2OC)cc1OCCOC(C)C. The van der Waals surface area contributed by atoms with Crippen molar-refractivity contribution in [3.8, 4) is 11.5 Å². The summed E-state index contributed by atoms with van der Waals surface area (Å²) in [6.07, 6.45) is 7.27. The van der Waals surface area contributed by atoms with Crippen LogP contribution < -0.4 is 9.47 Å². The number of hydrogen-bond acceptors (Lipinski definition) is 8. The normalized spacial score (nSPS) is 31.4. The number of rotatable bonds is 13. The topological polar surface area (TPSA) is 88.3 Å². The highest BCUT2D eigenvalue weighted by molar-refractivity contribution is 5.87. The molecule has 2 aliphatic heterocycles. The highest BCUT2D eigenvalue weighted by Crippen LogP contribution is 2.59. The van der Waals surface area contributed by atoms with Crippen molar-refractivity contribution >= 4 is 12.0 Å². The summed E-state index contributed by atoms with van der Waals surface area (Å²) < 4.78 is 41.0. The predicted molar refractivity (Wildman–Crippen MR) is 148 cm³/mol. The van der Waals surface area contributed by atoms with Crippen LogP contribution in [0.25, 0.3) is 6.08 Å². The van der Waals surface area contributed by atoms with Gasteiger partial charge in [-0.25, -0.2) is 4.79 Å². The second-order valence-corrected chi connectivity index (χ2v) is 11.4. The van der Waals surface area contributed by atoms with Crippen LogP contribution in [0.4, 0.5) is 0 Å². The maximum absolute atomic E-state index is 12.9. The Hall–Kier alpha value is -2.39. The molecule has 2 heterocycles. The first-order valence-electron chi connectivity index (χ1n) is 13.9. The Bertz CT molecular complexity index is 1050. The van der Waals surface area contributed by atoms with E-state index >= 15 is 0 Å². The molecule has 0 radical (unpaired) electrons. The Morgan fingerprint density at radius 1 is 1.18 bits per heavy atom. The van der Waals surface area contributed by atoms with E-state index < -0.39 is 5.97 Å². The third-order valence-electron chi connectivity index (χ3n) is 7.90. The van der Waals surface area contributed by atoms with Crippen molar-refractivity contribution in [2.24, 2.45) is 5.92 Å². The molecule has 1 spiro atoms. The molecule has 1 aliphatic carbocycles. The third-order valence-corrected chi connectivity index (χ3v) is 7.90. The summed E-state index contributed by atoms with van der Waals surface area (Å²) in [6.45, 7) is 11.8. The zero-order valence-electron chi connectivity index (χ0n) is 24.4. The molecule has 216 valence electrons. The molecule has 3 aliphatic rings. The molecule has 3 unspecified atom stereocenters. The van der Waals surface area contributed by atoms with Crippen LogP contribution in [0.5, 0.6) is 11.5 Å². The quantitative estimate of drug-likeness (QED) is 0.111. The third kappa shape index (κ3) is 7.04. The maximum atomic E-state index is 12.9. The average molecular weight is 545 g/mol. The standard InChI is InChI=1S/C31H44O8/c1-20(2)8-12-26-30(5,39-26)29-28(34-7)24(14-15-31(29)19-37-31)38-27(32)13-10-22-9-11-23(33-6)25(18-22)36-17-16-35-21(3)4/h8-11,13,18,21,24,26,28-29H,12,14-17,19H2,1-7H3/b13-10+/t24-,26?,28-,29?,30?,31+/m1/s1. The van der Waals surface area contributed by atoms with Gasteiger partial charge in [0, 0.05) is 13.2 Å². The second-order valence-electron chi connectivity index (χ2n) is 11.4. The Balaban J connectivity index is 1.39. The fourth-order valence-corrected chi connectivity index (χ4v) is 5.77. The number of hydrogen-bond donors (Lipinski definition) is 0. The van der Waals surface area contributed by atoms with E-state index in [-0.39, 0.29) is 41.5 Å². The van der Waals surface area contributed by atoms with Gasteiger partial charge < -0.3 is 33.2 Å². The van der Waals surface area contributed by atoms with Gasteiger partial charge in [0.2, 0.25) is 0 Å². The Kier molecular flexibility index (Phi) is 9.42. The fraction of sp³-hybridized carbons (Fsp3) is 0.645. The molecule has 1 aromatic carbocycles.